The van der Waals surface area contributed by atoms with Gasteiger partial charge in [-0.3, -0.25) is 0 Å². The van der Waals surface area contributed by atoms with Gasteiger partial charge in [-0.1, -0.05) is 32.0 Å². The van der Waals surface area contributed by atoms with E-state index < -0.39 is 6.10 Å². The van der Waals surface area contributed by atoms with Crippen molar-refractivity contribution >= 4 is 0 Å². The predicted molar refractivity (Wildman–Crippen MR) is 72.6 cm³/mol. The van der Waals surface area contributed by atoms with E-state index in [-0.39, 0.29) is 5.92 Å². The van der Waals surface area contributed by atoms with Crippen LogP contribution in [-0.4, -0.2) is 23.9 Å². The van der Waals surface area contributed by atoms with Gasteiger partial charge in [0.25, 0.3) is 0 Å². The Morgan fingerprint density at radius 2 is 2.06 bits per heavy atom. The smallest absolute Gasteiger partial charge is 0.123 e. The predicted octanol–water partition coefficient (Wildman–Crippen LogP) is 2.33. The van der Waals surface area contributed by atoms with E-state index in [0.717, 1.165) is 12.3 Å². The Hall–Kier alpha value is -1.06. The van der Waals surface area contributed by atoms with Crippen LogP contribution in [0.15, 0.2) is 24.3 Å². The molecule has 18 heavy (non-hydrogen) atoms. The standard InChI is InChI=1S/C15H23NO2/c1-11(2)14(17)10-18-15-6-4-3-5-12(15)9-16-13-7-8-13/h3-6,11,13-14,16-17H,7-10H2,1-2H3. The molecule has 0 radical (unpaired) electrons. The second-order valence-corrected chi connectivity index (χ2v) is 5.39. The molecule has 0 bridgehead atoms. The number of para-hydroxylation sites is 1. The van der Waals surface area contributed by atoms with E-state index in [4.69, 9.17) is 4.74 Å². The van der Waals surface area contributed by atoms with Crippen molar-refractivity contribution in [3.8, 4) is 5.75 Å². The summed E-state index contributed by atoms with van der Waals surface area (Å²) in [6.07, 6.45) is 2.17. The molecule has 0 heterocycles. The van der Waals surface area contributed by atoms with Gasteiger partial charge >= 0.3 is 0 Å². The van der Waals surface area contributed by atoms with Gasteiger partial charge in [-0.05, 0) is 24.8 Å². The summed E-state index contributed by atoms with van der Waals surface area (Å²) in [5.74, 6) is 1.10. The molecular formula is C15H23NO2. The van der Waals surface area contributed by atoms with Crippen molar-refractivity contribution in [1.82, 2.24) is 5.32 Å². The van der Waals surface area contributed by atoms with E-state index in [2.05, 4.69) is 11.4 Å². The van der Waals surface area contributed by atoms with E-state index in [0.29, 0.717) is 12.6 Å². The normalized spacial score (nSPS) is 16.9. The van der Waals surface area contributed by atoms with Crippen LogP contribution >= 0.6 is 0 Å². The van der Waals surface area contributed by atoms with Crippen molar-refractivity contribution in [2.75, 3.05) is 6.61 Å². The summed E-state index contributed by atoms with van der Waals surface area (Å²) in [5.41, 5.74) is 1.17. The molecule has 0 aliphatic heterocycles. The Labute approximate surface area is 109 Å². The molecule has 1 aliphatic carbocycles. The van der Waals surface area contributed by atoms with E-state index in [9.17, 15) is 5.11 Å². The van der Waals surface area contributed by atoms with Crippen molar-refractivity contribution in [2.45, 2.75) is 45.4 Å². The van der Waals surface area contributed by atoms with Crippen LogP contribution in [0, 0.1) is 5.92 Å². The molecule has 0 spiro atoms. The van der Waals surface area contributed by atoms with Crippen molar-refractivity contribution in [3.05, 3.63) is 29.8 Å². The highest BCUT2D eigenvalue weighted by Crippen LogP contribution is 2.22. The Morgan fingerprint density at radius 1 is 1.33 bits per heavy atom. The Balaban J connectivity index is 1.89. The minimum Gasteiger partial charge on any atom is -0.491 e. The summed E-state index contributed by atoms with van der Waals surface area (Å²) in [6, 6.07) is 8.73. The molecule has 0 amide bonds. The van der Waals surface area contributed by atoms with Crippen molar-refractivity contribution in [3.63, 3.8) is 0 Å². The van der Waals surface area contributed by atoms with Gasteiger partial charge in [-0.25, -0.2) is 0 Å². The Morgan fingerprint density at radius 3 is 2.72 bits per heavy atom. The van der Waals surface area contributed by atoms with E-state index in [1.807, 2.05) is 32.0 Å². The summed E-state index contributed by atoms with van der Waals surface area (Å²) >= 11 is 0. The summed E-state index contributed by atoms with van der Waals surface area (Å²) in [5, 5.41) is 13.2. The van der Waals surface area contributed by atoms with Crippen LogP contribution in [0.2, 0.25) is 0 Å². The third-order valence-corrected chi connectivity index (χ3v) is 3.31. The van der Waals surface area contributed by atoms with Gasteiger partial charge in [0.15, 0.2) is 0 Å². The van der Waals surface area contributed by atoms with Crippen LogP contribution in [-0.2, 0) is 6.54 Å². The molecule has 1 atom stereocenters. The molecule has 2 N–H and O–H groups in total. The minimum atomic E-state index is -0.408. The second-order valence-electron chi connectivity index (χ2n) is 5.39. The van der Waals surface area contributed by atoms with Crippen LogP contribution in [0.1, 0.15) is 32.3 Å². The lowest BCUT2D eigenvalue weighted by Crippen LogP contribution is -2.24. The molecule has 1 aromatic rings. The van der Waals surface area contributed by atoms with Gasteiger partial charge in [0.2, 0.25) is 0 Å². The lowest BCUT2D eigenvalue weighted by atomic mass is 10.1. The zero-order valence-corrected chi connectivity index (χ0v) is 11.2. The zero-order chi connectivity index (χ0) is 13.0. The monoisotopic (exact) mass is 249 g/mol. The quantitative estimate of drug-likeness (QED) is 0.779. The molecule has 1 unspecified atom stereocenters. The number of aliphatic hydroxyl groups is 1. The highest BCUT2D eigenvalue weighted by atomic mass is 16.5. The van der Waals surface area contributed by atoms with E-state index in [1.165, 1.54) is 18.4 Å². The van der Waals surface area contributed by atoms with Gasteiger partial charge < -0.3 is 15.2 Å². The SMILES string of the molecule is CC(C)C(O)COc1ccccc1CNC1CC1. The number of hydrogen-bond acceptors (Lipinski definition) is 3. The fraction of sp³-hybridized carbons (Fsp3) is 0.600. The molecule has 0 aromatic heterocycles. The van der Waals surface area contributed by atoms with Gasteiger partial charge in [0.05, 0.1) is 6.10 Å². The second kappa shape index (κ2) is 6.21. The lowest BCUT2D eigenvalue weighted by molar-refractivity contribution is 0.0697. The highest BCUT2D eigenvalue weighted by molar-refractivity contribution is 5.33. The molecule has 3 heteroatoms. The van der Waals surface area contributed by atoms with Crippen LogP contribution in [0.25, 0.3) is 0 Å². The third kappa shape index (κ3) is 4.00. The maximum absolute atomic E-state index is 9.77. The topological polar surface area (TPSA) is 41.5 Å². The minimum absolute atomic E-state index is 0.224. The van der Waals surface area contributed by atoms with E-state index in [1.54, 1.807) is 0 Å². The molecule has 1 fully saturated rings. The van der Waals surface area contributed by atoms with Gasteiger partial charge in [-0.15, -0.1) is 0 Å². The number of ether oxygens (including phenoxy) is 1. The maximum atomic E-state index is 9.77. The summed E-state index contributed by atoms with van der Waals surface area (Å²) in [6.45, 7) is 5.19. The van der Waals surface area contributed by atoms with Crippen LogP contribution < -0.4 is 10.1 Å². The molecule has 1 aliphatic rings. The number of aliphatic hydroxyl groups excluding tert-OH is 1. The average Bonchev–Trinajstić information content (AvgIpc) is 3.18. The molecule has 1 saturated carbocycles. The molecule has 3 nitrogen and oxygen atoms in total. The fourth-order valence-corrected chi connectivity index (χ4v) is 1.70. The largest absolute Gasteiger partial charge is 0.491 e. The maximum Gasteiger partial charge on any atom is 0.123 e. The van der Waals surface area contributed by atoms with E-state index >= 15 is 0 Å². The Kier molecular flexibility index (Phi) is 4.61. The summed E-state index contributed by atoms with van der Waals surface area (Å²) in [7, 11) is 0. The number of rotatable bonds is 7. The summed E-state index contributed by atoms with van der Waals surface area (Å²) < 4.78 is 5.72. The Bertz CT molecular complexity index is 375. The number of benzene rings is 1. The molecule has 2 rings (SSSR count). The van der Waals surface area contributed by atoms with Gasteiger partial charge in [0, 0.05) is 18.2 Å². The van der Waals surface area contributed by atoms with Crippen molar-refractivity contribution < 1.29 is 9.84 Å². The first-order valence-electron chi connectivity index (χ1n) is 6.79. The van der Waals surface area contributed by atoms with Crippen LogP contribution in [0.4, 0.5) is 0 Å². The first-order valence-corrected chi connectivity index (χ1v) is 6.79. The molecule has 0 saturated heterocycles. The molecule has 1 aromatic carbocycles. The number of nitrogens with one attached hydrogen (secondary N) is 1. The average molecular weight is 249 g/mol. The molecule has 100 valence electrons. The highest BCUT2D eigenvalue weighted by Gasteiger charge is 2.20. The number of hydrogen-bond donors (Lipinski definition) is 2. The first-order chi connectivity index (χ1) is 8.66. The van der Waals surface area contributed by atoms with Crippen LogP contribution in [0.5, 0.6) is 5.75 Å². The lowest BCUT2D eigenvalue weighted by Gasteiger charge is -2.17. The molecular weight excluding hydrogens is 226 g/mol. The first kappa shape index (κ1) is 13.4. The third-order valence-electron chi connectivity index (χ3n) is 3.31. The zero-order valence-electron chi connectivity index (χ0n) is 11.2. The summed E-state index contributed by atoms with van der Waals surface area (Å²) in [4.78, 5) is 0. The van der Waals surface area contributed by atoms with Crippen LogP contribution in [0.3, 0.4) is 0 Å². The van der Waals surface area contributed by atoms with Crippen molar-refractivity contribution in [1.29, 1.82) is 0 Å². The van der Waals surface area contributed by atoms with Gasteiger partial charge in [0.1, 0.15) is 12.4 Å². The fourth-order valence-electron chi connectivity index (χ4n) is 1.70. The van der Waals surface area contributed by atoms with Crippen molar-refractivity contribution in [2.24, 2.45) is 5.92 Å². The van der Waals surface area contributed by atoms with Gasteiger partial charge in [-0.2, -0.15) is 0 Å².